The average molecular weight is 279 g/mol. The van der Waals surface area contributed by atoms with E-state index < -0.39 is 55.4 Å². The predicted octanol–water partition coefficient (Wildman–Crippen LogP) is -3.88. The van der Waals surface area contributed by atoms with Crippen LogP contribution in [0, 0.1) is 5.92 Å². The Kier molecular flexibility index (Phi) is 4.75. The summed E-state index contributed by atoms with van der Waals surface area (Å²) < 4.78 is 4.95. The van der Waals surface area contributed by atoms with Crippen molar-refractivity contribution in [1.82, 2.24) is 5.32 Å². The van der Waals surface area contributed by atoms with E-state index in [0.717, 1.165) is 0 Å². The molecular formula is C11H21NO7. The highest BCUT2D eigenvalue weighted by molar-refractivity contribution is 4.99. The molecule has 0 aromatic rings. The molecule has 0 aliphatic carbocycles. The molecule has 0 amide bonds. The average Bonchev–Trinajstić information content (AvgIpc) is 2.71. The Balaban J connectivity index is 2.06. The number of nitrogens with one attached hydrogen (secondary N) is 1. The number of rotatable bonds is 3. The van der Waals surface area contributed by atoms with E-state index >= 15 is 0 Å². The SMILES string of the molecule is OCC1O[C@@H](O)C[C@@H]([C@H](O)[C@H]2NCC(O)C2O)[C@H]1O. The van der Waals surface area contributed by atoms with Gasteiger partial charge in [0.05, 0.1) is 37.1 Å². The Labute approximate surface area is 110 Å². The Morgan fingerprint density at radius 3 is 2.37 bits per heavy atom. The third-order valence-corrected chi connectivity index (χ3v) is 3.94. The lowest BCUT2D eigenvalue weighted by Gasteiger charge is -2.40. The maximum Gasteiger partial charge on any atom is 0.155 e. The van der Waals surface area contributed by atoms with Crippen LogP contribution in [-0.2, 0) is 4.74 Å². The molecule has 19 heavy (non-hydrogen) atoms. The summed E-state index contributed by atoms with van der Waals surface area (Å²) in [6.45, 7) is -0.334. The molecule has 2 aliphatic rings. The molecule has 2 aliphatic heterocycles. The second kappa shape index (κ2) is 5.98. The minimum atomic E-state index is -1.19. The molecule has 7 N–H and O–H groups in total. The Morgan fingerprint density at radius 2 is 1.84 bits per heavy atom. The lowest BCUT2D eigenvalue weighted by Crippen LogP contribution is -2.56. The van der Waals surface area contributed by atoms with Gasteiger partial charge in [-0.05, 0) is 0 Å². The Hall–Kier alpha value is -0.320. The van der Waals surface area contributed by atoms with Crippen LogP contribution in [0.4, 0.5) is 0 Å². The zero-order chi connectivity index (χ0) is 14.2. The lowest BCUT2D eigenvalue weighted by molar-refractivity contribution is -0.240. The summed E-state index contributed by atoms with van der Waals surface area (Å²) in [5, 5.41) is 60.7. The highest BCUT2D eigenvalue weighted by atomic mass is 16.6. The van der Waals surface area contributed by atoms with Gasteiger partial charge >= 0.3 is 0 Å². The summed E-state index contributed by atoms with van der Waals surface area (Å²) in [4.78, 5) is 0. The van der Waals surface area contributed by atoms with Gasteiger partial charge in [0, 0.05) is 18.9 Å². The quantitative estimate of drug-likeness (QED) is 0.278. The molecule has 0 saturated carbocycles. The van der Waals surface area contributed by atoms with Crippen molar-refractivity contribution in [2.45, 2.75) is 49.3 Å². The summed E-state index contributed by atoms with van der Waals surface area (Å²) in [7, 11) is 0. The smallest absolute Gasteiger partial charge is 0.155 e. The molecule has 0 bridgehead atoms. The van der Waals surface area contributed by atoms with E-state index in [-0.39, 0.29) is 13.0 Å². The maximum atomic E-state index is 10.2. The molecule has 8 atom stereocenters. The second-order valence-corrected chi connectivity index (χ2v) is 5.18. The summed E-state index contributed by atoms with van der Waals surface area (Å²) in [6.07, 6.45) is -6.63. The summed E-state index contributed by atoms with van der Waals surface area (Å²) in [5.74, 6) is -0.765. The first-order valence-corrected chi connectivity index (χ1v) is 6.35. The van der Waals surface area contributed by atoms with Gasteiger partial charge in [0.1, 0.15) is 6.10 Å². The number of β-amino-alcohol motifs (C(OH)–C–C–N with tert-alkyl or cyclic N) is 1. The Bertz CT molecular complexity index is 305. The van der Waals surface area contributed by atoms with E-state index in [0.29, 0.717) is 0 Å². The minimum absolute atomic E-state index is 0.0141. The van der Waals surface area contributed by atoms with Crippen molar-refractivity contribution in [2.24, 2.45) is 5.92 Å². The van der Waals surface area contributed by atoms with Crippen LogP contribution in [0.2, 0.25) is 0 Å². The van der Waals surface area contributed by atoms with Crippen LogP contribution in [0.3, 0.4) is 0 Å². The summed E-state index contributed by atoms with van der Waals surface area (Å²) in [6, 6.07) is -0.792. The third-order valence-electron chi connectivity index (χ3n) is 3.94. The number of hydrogen-bond donors (Lipinski definition) is 7. The van der Waals surface area contributed by atoms with Crippen LogP contribution in [-0.4, -0.2) is 86.6 Å². The first-order valence-electron chi connectivity index (χ1n) is 6.35. The monoisotopic (exact) mass is 279 g/mol. The zero-order valence-corrected chi connectivity index (χ0v) is 10.3. The molecule has 8 nitrogen and oxygen atoms in total. The fraction of sp³-hybridized carbons (Fsp3) is 1.00. The molecule has 2 fully saturated rings. The molecule has 3 unspecified atom stereocenters. The fourth-order valence-electron chi connectivity index (χ4n) is 2.80. The van der Waals surface area contributed by atoms with Gasteiger partial charge in [0.25, 0.3) is 0 Å². The van der Waals surface area contributed by atoms with Crippen LogP contribution >= 0.6 is 0 Å². The van der Waals surface area contributed by atoms with E-state index in [1.165, 1.54) is 0 Å². The highest BCUT2D eigenvalue weighted by Crippen LogP contribution is 2.30. The van der Waals surface area contributed by atoms with Crippen LogP contribution in [0.15, 0.2) is 0 Å². The topological polar surface area (TPSA) is 143 Å². The largest absolute Gasteiger partial charge is 0.394 e. The standard InChI is InChI=1S/C11H21NO7/c13-3-6-9(16)4(1-7(15)19-6)10(17)8-11(18)5(14)2-12-8/h4-18H,1-3H2/t4-,5?,6?,7-,8-,9-,10+,11?/m1/s1. The number of hydrogen-bond acceptors (Lipinski definition) is 8. The summed E-state index contributed by atoms with van der Waals surface area (Å²) >= 11 is 0. The van der Waals surface area contributed by atoms with Crippen LogP contribution < -0.4 is 5.32 Å². The molecule has 8 heteroatoms. The zero-order valence-electron chi connectivity index (χ0n) is 10.3. The highest BCUT2D eigenvalue weighted by Gasteiger charge is 2.47. The second-order valence-electron chi connectivity index (χ2n) is 5.18. The molecule has 2 rings (SSSR count). The number of ether oxygens (including phenoxy) is 1. The van der Waals surface area contributed by atoms with Gasteiger partial charge in [0.2, 0.25) is 0 Å². The molecule has 0 aromatic carbocycles. The first-order chi connectivity index (χ1) is 8.95. The van der Waals surface area contributed by atoms with Crippen LogP contribution in [0.1, 0.15) is 6.42 Å². The first kappa shape index (κ1) is 15.1. The van der Waals surface area contributed by atoms with Crippen molar-refractivity contribution in [3.05, 3.63) is 0 Å². The van der Waals surface area contributed by atoms with Gasteiger partial charge < -0.3 is 40.7 Å². The molecule has 2 heterocycles. The van der Waals surface area contributed by atoms with E-state index in [4.69, 9.17) is 9.84 Å². The van der Waals surface area contributed by atoms with Gasteiger partial charge in [-0.25, -0.2) is 0 Å². The van der Waals surface area contributed by atoms with E-state index in [1.54, 1.807) is 0 Å². The third kappa shape index (κ3) is 2.91. The van der Waals surface area contributed by atoms with Gasteiger partial charge in [-0.15, -0.1) is 0 Å². The molecule has 0 radical (unpaired) electrons. The van der Waals surface area contributed by atoms with Crippen LogP contribution in [0.25, 0.3) is 0 Å². The lowest BCUT2D eigenvalue weighted by atomic mass is 9.82. The maximum absolute atomic E-state index is 10.2. The normalized spacial score (nSPS) is 49.3. The molecular weight excluding hydrogens is 258 g/mol. The minimum Gasteiger partial charge on any atom is -0.394 e. The number of aliphatic hydroxyl groups excluding tert-OH is 6. The van der Waals surface area contributed by atoms with Crippen LogP contribution in [0.5, 0.6) is 0 Å². The van der Waals surface area contributed by atoms with Crippen molar-refractivity contribution in [2.75, 3.05) is 13.2 Å². The van der Waals surface area contributed by atoms with Crippen molar-refractivity contribution >= 4 is 0 Å². The van der Waals surface area contributed by atoms with E-state index in [9.17, 15) is 25.5 Å². The van der Waals surface area contributed by atoms with E-state index in [1.807, 2.05) is 0 Å². The van der Waals surface area contributed by atoms with Gasteiger partial charge in [-0.3, -0.25) is 0 Å². The van der Waals surface area contributed by atoms with Crippen molar-refractivity contribution in [3.8, 4) is 0 Å². The Morgan fingerprint density at radius 1 is 1.16 bits per heavy atom. The van der Waals surface area contributed by atoms with Gasteiger partial charge in [-0.2, -0.15) is 0 Å². The predicted molar refractivity (Wildman–Crippen MR) is 61.9 cm³/mol. The molecule has 2 saturated heterocycles. The molecule has 0 aromatic heterocycles. The summed E-state index contributed by atoms with van der Waals surface area (Å²) in [5.41, 5.74) is 0. The molecule has 0 spiro atoms. The number of aliphatic hydroxyl groups is 6. The van der Waals surface area contributed by atoms with E-state index in [2.05, 4.69) is 5.32 Å². The molecule has 112 valence electrons. The van der Waals surface area contributed by atoms with Crippen molar-refractivity contribution in [3.63, 3.8) is 0 Å². The van der Waals surface area contributed by atoms with Crippen molar-refractivity contribution < 1.29 is 35.4 Å². The fourth-order valence-corrected chi connectivity index (χ4v) is 2.80. The van der Waals surface area contributed by atoms with Crippen molar-refractivity contribution in [1.29, 1.82) is 0 Å². The van der Waals surface area contributed by atoms with Gasteiger partial charge in [-0.1, -0.05) is 0 Å². The van der Waals surface area contributed by atoms with Gasteiger partial charge in [0.15, 0.2) is 6.29 Å².